The number of rotatable bonds is 7. The molecular formula is C22H29N3O3. The fraction of sp³-hybridized carbons (Fsp3) is 0.455. The summed E-state index contributed by atoms with van der Waals surface area (Å²) in [7, 11) is 1.77. The molecule has 0 unspecified atom stereocenters. The van der Waals surface area contributed by atoms with Crippen LogP contribution in [0.15, 0.2) is 40.8 Å². The van der Waals surface area contributed by atoms with Crippen molar-refractivity contribution in [2.75, 3.05) is 7.05 Å². The van der Waals surface area contributed by atoms with E-state index in [9.17, 15) is 9.59 Å². The van der Waals surface area contributed by atoms with Crippen LogP contribution in [0.2, 0.25) is 0 Å². The highest BCUT2D eigenvalue weighted by Gasteiger charge is 2.36. The van der Waals surface area contributed by atoms with Gasteiger partial charge in [-0.25, -0.2) is 4.79 Å². The first kappa shape index (κ1) is 20.0. The Labute approximate surface area is 166 Å². The molecule has 1 heterocycles. The van der Waals surface area contributed by atoms with E-state index in [1.807, 2.05) is 38.1 Å². The standard InChI is InChI=1S/C22H29N3O3/c1-14(2)24-22(27)23-12-16-5-7-17(8-6-16)21(26)25(4)13-18-9-10-20(28-18)19-11-15(19)3/h5-10,14-15,19H,11-13H2,1-4H3,(H2,23,24,27)/t15-,19-/m1/s1. The van der Waals surface area contributed by atoms with E-state index >= 15 is 0 Å². The zero-order chi connectivity index (χ0) is 20.3. The largest absolute Gasteiger partial charge is 0.464 e. The van der Waals surface area contributed by atoms with E-state index in [0.29, 0.717) is 30.5 Å². The Morgan fingerprint density at radius 1 is 1.18 bits per heavy atom. The van der Waals surface area contributed by atoms with Gasteiger partial charge in [-0.2, -0.15) is 0 Å². The molecule has 28 heavy (non-hydrogen) atoms. The zero-order valence-electron chi connectivity index (χ0n) is 17.0. The number of amides is 3. The first-order valence-electron chi connectivity index (χ1n) is 9.81. The van der Waals surface area contributed by atoms with Crippen molar-refractivity contribution in [1.82, 2.24) is 15.5 Å². The lowest BCUT2D eigenvalue weighted by molar-refractivity contribution is 0.0774. The highest BCUT2D eigenvalue weighted by atomic mass is 16.3. The number of nitrogens with one attached hydrogen (secondary N) is 2. The Kier molecular flexibility index (Phi) is 6.07. The molecule has 1 saturated carbocycles. The van der Waals surface area contributed by atoms with Gasteiger partial charge in [0.15, 0.2) is 0 Å². The fourth-order valence-electron chi connectivity index (χ4n) is 3.18. The Balaban J connectivity index is 1.52. The molecule has 0 aliphatic heterocycles. The van der Waals surface area contributed by atoms with Gasteiger partial charge in [0.05, 0.1) is 6.54 Å². The summed E-state index contributed by atoms with van der Waals surface area (Å²) < 4.78 is 5.90. The van der Waals surface area contributed by atoms with Crippen molar-refractivity contribution in [3.63, 3.8) is 0 Å². The summed E-state index contributed by atoms with van der Waals surface area (Å²) in [6.07, 6.45) is 1.18. The molecule has 2 N–H and O–H groups in total. The summed E-state index contributed by atoms with van der Waals surface area (Å²) in [5.74, 6) is 3.01. The van der Waals surface area contributed by atoms with Crippen molar-refractivity contribution in [2.24, 2.45) is 5.92 Å². The number of nitrogens with zero attached hydrogens (tertiary/aromatic N) is 1. The molecule has 0 spiro atoms. The van der Waals surface area contributed by atoms with Crippen LogP contribution in [0.4, 0.5) is 4.79 Å². The first-order valence-corrected chi connectivity index (χ1v) is 9.81. The fourth-order valence-corrected chi connectivity index (χ4v) is 3.18. The maximum atomic E-state index is 12.7. The van der Waals surface area contributed by atoms with Gasteiger partial charge >= 0.3 is 6.03 Å². The SMILES string of the molecule is CC(C)NC(=O)NCc1ccc(C(=O)N(C)Cc2ccc([C@@H]3C[C@H]3C)o2)cc1. The van der Waals surface area contributed by atoms with Crippen molar-refractivity contribution in [2.45, 2.75) is 52.2 Å². The smallest absolute Gasteiger partial charge is 0.315 e. The normalized spacial score (nSPS) is 18.0. The van der Waals surface area contributed by atoms with Gasteiger partial charge in [0.2, 0.25) is 0 Å². The van der Waals surface area contributed by atoms with Crippen LogP contribution in [0.1, 0.15) is 60.6 Å². The van der Waals surface area contributed by atoms with Crippen molar-refractivity contribution < 1.29 is 14.0 Å². The highest BCUT2D eigenvalue weighted by Crippen LogP contribution is 2.47. The Hall–Kier alpha value is -2.76. The van der Waals surface area contributed by atoms with E-state index in [1.54, 1.807) is 24.1 Å². The lowest BCUT2D eigenvalue weighted by atomic mass is 10.1. The zero-order valence-corrected chi connectivity index (χ0v) is 17.0. The molecule has 0 bridgehead atoms. The molecule has 1 aromatic carbocycles. The molecule has 150 valence electrons. The van der Waals surface area contributed by atoms with Crippen LogP contribution in [-0.4, -0.2) is 29.9 Å². The van der Waals surface area contributed by atoms with Crippen LogP contribution in [0.5, 0.6) is 0 Å². The van der Waals surface area contributed by atoms with Crippen LogP contribution in [0.3, 0.4) is 0 Å². The quantitative estimate of drug-likeness (QED) is 0.762. The lowest BCUT2D eigenvalue weighted by Crippen LogP contribution is -2.39. The number of hydrogen-bond donors (Lipinski definition) is 2. The second-order valence-electron chi connectivity index (χ2n) is 7.96. The van der Waals surface area contributed by atoms with E-state index in [-0.39, 0.29) is 18.0 Å². The number of carbonyl (C=O) groups is 2. The Morgan fingerprint density at radius 2 is 1.86 bits per heavy atom. The number of furan rings is 1. The average molecular weight is 383 g/mol. The van der Waals surface area contributed by atoms with Crippen LogP contribution in [0.25, 0.3) is 0 Å². The predicted octanol–water partition coefficient (Wildman–Crippen LogP) is 3.88. The third kappa shape index (κ3) is 5.15. The third-order valence-corrected chi connectivity index (χ3v) is 4.97. The van der Waals surface area contributed by atoms with Crippen molar-refractivity contribution in [3.05, 3.63) is 59.0 Å². The van der Waals surface area contributed by atoms with Crippen molar-refractivity contribution in [3.8, 4) is 0 Å². The minimum atomic E-state index is -0.201. The van der Waals surface area contributed by atoms with Gasteiger partial charge in [-0.1, -0.05) is 19.1 Å². The maximum Gasteiger partial charge on any atom is 0.315 e. The molecule has 3 rings (SSSR count). The van der Waals surface area contributed by atoms with E-state index in [0.717, 1.165) is 17.1 Å². The summed E-state index contributed by atoms with van der Waals surface area (Å²) in [6.45, 7) is 6.90. The molecule has 2 aromatic rings. The second-order valence-corrected chi connectivity index (χ2v) is 7.96. The number of urea groups is 1. The van der Waals surface area contributed by atoms with Gasteiger partial charge in [-0.3, -0.25) is 4.79 Å². The molecule has 1 aromatic heterocycles. The summed E-state index contributed by atoms with van der Waals surface area (Å²) in [5.41, 5.74) is 1.55. The van der Waals surface area contributed by atoms with Gasteiger partial charge < -0.3 is 20.0 Å². The minimum Gasteiger partial charge on any atom is -0.464 e. The van der Waals surface area contributed by atoms with Gasteiger partial charge in [-0.15, -0.1) is 0 Å². The van der Waals surface area contributed by atoms with E-state index < -0.39 is 0 Å². The number of carbonyl (C=O) groups excluding carboxylic acids is 2. The van der Waals surface area contributed by atoms with E-state index in [4.69, 9.17) is 4.42 Å². The highest BCUT2D eigenvalue weighted by molar-refractivity contribution is 5.94. The molecule has 0 saturated heterocycles. The second kappa shape index (κ2) is 8.50. The van der Waals surface area contributed by atoms with Crippen molar-refractivity contribution >= 4 is 11.9 Å². The monoisotopic (exact) mass is 383 g/mol. The minimum absolute atomic E-state index is 0.0604. The summed E-state index contributed by atoms with van der Waals surface area (Å²) in [6, 6.07) is 11.2. The summed E-state index contributed by atoms with van der Waals surface area (Å²) >= 11 is 0. The molecular weight excluding hydrogens is 354 g/mol. The molecule has 1 aliphatic carbocycles. The Morgan fingerprint density at radius 3 is 2.46 bits per heavy atom. The number of benzene rings is 1. The molecule has 1 fully saturated rings. The van der Waals surface area contributed by atoms with Crippen LogP contribution in [-0.2, 0) is 13.1 Å². The van der Waals surface area contributed by atoms with Crippen LogP contribution in [0, 0.1) is 5.92 Å². The van der Waals surface area contributed by atoms with Crippen molar-refractivity contribution in [1.29, 1.82) is 0 Å². The predicted molar refractivity (Wildman–Crippen MR) is 108 cm³/mol. The van der Waals surface area contributed by atoms with Crippen LogP contribution >= 0.6 is 0 Å². The van der Waals surface area contributed by atoms with Gasteiger partial charge in [0.1, 0.15) is 11.5 Å². The maximum absolute atomic E-state index is 12.7. The average Bonchev–Trinajstić information content (AvgIpc) is 3.20. The van der Waals surface area contributed by atoms with Gasteiger partial charge in [0, 0.05) is 31.1 Å². The van der Waals surface area contributed by atoms with E-state index in [1.165, 1.54) is 6.42 Å². The molecule has 6 heteroatoms. The lowest BCUT2D eigenvalue weighted by Gasteiger charge is -2.16. The summed E-state index contributed by atoms with van der Waals surface area (Å²) in [4.78, 5) is 26.0. The van der Waals surface area contributed by atoms with Gasteiger partial charge in [-0.05, 0) is 56.0 Å². The first-order chi connectivity index (χ1) is 13.3. The molecule has 2 atom stereocenters. The number of hydrogen-bond acceptors (Lipinski definition) is 3. The van der Waals surface area contributed by atoms with E-state index in [2.05, 4.69) is 17.6 Å². The Bertz CT molecular complexity index is 826. The molecule has 0 radical (unpaired) electrons. The molecule has 1 aliphatic rings. The van der Waals surface area contributed by atoms with Gasteiger partial charge in [0.25, 0.3) is 5.91 Å². The molecule has 3 amide bonds. The van der Waals surface area contributed by atoms with Crippen LogP contribution < -0.4 is 10.6 Å². The third-order valence-electron chi connectivity index (χ3n) is 4.97. The summed E-state index contributed by atoms with van der Waals surface area (Å²) in [5, 5.41) is 5.57. The molecule has 6 nitrogen and oxygen atoms in total. The topological polar surface area (TPSA) is 74.6 Å².